The average molecular weight is 333 g/mol. The second kappa shape index (κ2) is 7.39. The summed E-state index contributed by atoms with van der Waals surface area (Å²) < 4.78 is 5.53. The predicted molar refractivity (Wildman–Crippen MR) is 84.0 cm³/mol. The molecule has 4 heteroatoms. The summed E-state index contributed by atoms with van der Waals surface area (Å²) in [6, 6.07) is 0. The second-order valence-electron chi connectivity index (χ2n) is 6.69. The van der Waals surface area contributed by atoms with Gasteiger partial charge in [-0.3, -0.25) is 0 Å². The molecular weight excluding hydrogens is 304 g/mol. The largest absolute Gasteiger partial charge is 0.381 e. The number of rotatable bonds is 5. The Hall–Kier alpha value is 0.360. The minimum absolute atomic E-state index is 0.443. The highest BCUT2D eigenvalue weighted by atomic mass is 79.9. The molecule has 0 saturated carbocycles. The van der Waals surface area contributed by atoms with Gasteiger partial charge in [-0.15, -0.1) is 0 Å². The maximum atomic E-state index is 5.53. The van der Waals surface area contributed by atoms with Gasteiger partial charge in [-0.2, -0.15) is 0 Å². The Bertz CT molecular complexity index is 261. The van der Waals surface area contributed by atoms with Crippen molar-refractivity contribution in [2.45, 2.75) is 25.7 Å². The molecule has 2 fully saturated rings. The standard InChI is InChI=1S/C15H29BrN2O/c1-17-7-3-14(4-8-17)11-18(2)13-15(12-16)5-9-19-10-6-15/h14H,3-13H2,1-2H3. The van der Waals surface area contributed by atoms with Gasteiger partial charge in [0.1, 0.15) is 0 Å². The summed E-state index contributed by atoms with van der Waals surface area (Å²) in [4.78, 5) is 5.03. The molecule has 0 amide bonds. The van der Waals surface area contributed by atoms with Crippen LogP contribution in [-0.4, -0.2) is 68.6 Å². The van der Waals surface area contributed by atoms with Crippen molar-refractivity contribution >= 4 is 15.9 Å². The van der Waals surface area contributed by atoms with Crippen molar-refractivity contribution in [3.63, 3.8) is 0 Å². The van der Waals surface area contributed by atoms with Crippen molar-refractivity contribution in [3.05, 3.63) is 0 Å². The third-order valence-corrected chi connectivity index (χ3v) is 6.04. The van der Waals surface area contributed by atoms with Crippen molar-refractivity contribution < 1.29 is 4.74 Å². The average Bonchev–Trinajstić information content (AvgIpc) is 2.42. The van der Waals surface area contributed by atoms with Crippen LogP contribution in [0.3, 0.4) is 0 Å². The number of nitrogens with zero attached hydrogens (tertiary/aromatic N) is 2. The van der Waals surface area contributed by atoms with Crippen molar-refractivity contribution in [1.82, 2.24) is 9.80 Å². The molecule has 2 heterocycles. The van der Waals surface area contributed by atoms with E-state index in [2.05, 4.69) is 39.8 Å². The lowest BCUT2D eigenvalue weighted by Gasteiger charge is -2.40. The highest BCUT2D eigenvalue weighted by Crippen LogP contribution is 2.33. The monoisotopic (exact) mass is 332 g/mol. The summed E-state index contributed by atoms with van der Waals surface area (Å²) >= 11 is 3.74. The number of alkyl halides is 1. The van der Waals surface area contributed by atoms with Gasteiger partial charge in [0.15, 0.2) is 0 Å². The topological polar surface area (TPSA) is 15.7 Å². The number of ether oxygens (including phenoxy) is 1. The van der Waals surface area contributed by atoms with E-state index in [0.29, 0.717) is 5.41 Å². The number of hydrogen-bond acceptors (Lipinski definition) is 3. The summed E-state index contributed by atoms with van der Waals surface area (Å²) in [7, 11) is 4.54. The van der Waals surface area contributed by atoms with Crippen LogP contribution >= 0.6 is 15.9 Å². The fourth-order valence-corrected chi connectivity index (χ4v) is 4.20. The first kappa shape index (κ1) is 15.7. The highest BCUT2D eigenvalue weighted by molar-refractivity contribution is 9.09. The van der Waals surface area contributed by atoms with Crippen LogP contribution in [0, 0.1) is 11.3 Å². The maximum absolute atomic E-state index is 5.53. The number of piperidine rings is 1. The highest BCUT2D eigenvalue weighted by Gasteiger charge is 2.33. The van der Waals surface area contributed by atoms with Crippen LogP contribution in [0.2, 0.25) is 0 Å². The molecule has 0 atom stereocenters. The molecule has 19 heavy (non-hydrogen) atoms. The van der Waals surface area contributed by atoms with E-state index < -0.39 is 0 Å². The summed E-state index contributed by atoms with van der Waals surface area (Å²) in [6.45, 7) is 6.91. The van der Waals surface area contributed by atoms with E-state index in [0.717, 1.165) is 24.5 Å². The van der Waals surface area contributed by atoms with Crippen molar-refractivity contribution in [1.29, 1.82) is 0 Å². The molecule has 3 nitrogen and oxygen atoms in total. The molecule has 0 aromatic heterocycles. The van der Waals surface area contributed by atoms with Crippen LogP contribution in [-0.2, 0) is 4.74 Å². The molecule has 0 aliphatic carbocycles. The number of halogens is 1. The van der Waals surface area contributed by atoms with Gasteiger partial charge in [-0.25, -0.2) is 0 Å². The Morgan fingerprint density at radius 3 is 2.47 bits per heavy atom. The first-order chi connectivity index (χ1) is 9.13. The van der Waals surface area contributed by atoms with E-state index in [1.807, 2.05) is 0 Å². The van der Waals surface area contributed by atoms with Gasteiger partial charge in [0.2, 0.25) is 0 Å². The summed E-state index contributed by atoms with van der Waals surface area (Å²) in [5.41, 5.74) is 0.443. The molecule has 2 rings (SSSR count). The Morgan fingerprint density at radius 2 is 1.89 bits per heavy atom. The van der Waals surface area contributed by atoms with Crippen LogP contribution in [0.15, 0.2) is 0 Å². The molecular formula is C15H29BrN2O. The number of hydrogen-bond donors (Lipinski definition) is 0. The third kappa shape index (κ3) is 4.69. The quantitative estimate of drug-likeness (QED) is 0.719. The number of likely N-dealkylation sites (tertiary alicyclic amines) is 1. The fraction of sp³-hybridized carbons (Fsp3) is 1.00. The van der Waals surface area contributed by atoms with Crippen LogP contribution in [0.4, 0.5) is 0 Å². The first-order valence-corrected chi connectivity index (χ1v) is 8.76. The molecule has 0 aromatic rings. The zero-order valence-electron chi connectivity index (χ0n) is 12.5. The molecule has 0 spiro atoms. The zero-order chi connectivity index (χ0) is 13.7. The molecule has 0 N–H and O–H groups in total. The van der Waals surface area contributed by atoms with E-state index >= 15 is 0 Å². The van der Waals surface area contributed by atoms with E-state index in [-0.39, 0.29) is 0 Å². The molecule has 2 aliphatic heterocycles. The normalized spacial score (nSPS) is 25.9. The maximum Gasteiger partial charge on any atom is 0.0472 e. The molecule has 0 radical (unpaired) electrons. The summed E-state index contributed by atoms with van der Waals surface area (Å²) in [5.74, 6) is 0.897. The Balaban J connectivity index is 1.77. The lowest BCUT2D eigenvalue weighted by Crippen LogP contribution is -2.44. The van der Waals surface area contributed by atoms with Gasteiger partial charge in [-0.05, 0) is 64.2 Å². The van der Waals surface area contributed by atoms with E-state index in [1.54, 1.807) is 0 Å². The van der Waals surface area contributed by atoms with E-state index in [1.165, 1.54) is 51.9 Å². The molecule has 2 saturated heterocycles. The van der Waals surface area contributed by atoms with Gasteiger partial charge < -0.3 is 14.5 Å². The minimum atomic E-state index is 0.443. The Morgan fingerprint density at radius 1 is 1.26 bits per heavy atom. The predicted octanol–water partition coefficient (Wildman–Crippen LogP) is 2.45. The smallest absolute Gasteiger partial charge is 0.0472 e. The Labute approximate surface area is 126 Å². The van der Waals surface area contributed by atoms with E-state index in [9.17, 15) is 0 Å². The van der Waals surface area contributed by atoms with Crippen molar-refractivity contribution in [2.75, 3.05) is 58.8 Å². The Kier molecular flexibility index (Phi) is 6.12. The van der Waals surface area contributed by atoms with E-state index in [4.69, 9.17) is 4.74 Å². The molecule has 2 aliphatic rings. The van der Waals surface area contributed by atoms with Crippen LogP contribution < -0.4 is 0 Å². The van der Waals surface area contributed by atoms with Gasteiger partial charge in [0.05, 0.1) is 0 Å². The minimum Gasteiger partial charge on any atom is -0.381 e. The van der Waals surface area contributed by atoms with Crippen molar-refractivity contribution in [2.24, 2.45) is 11.3 Å². The zero-order valence-corrected chi connectivity index (χ0v) is 14.1. The van der Waals surface area contributed by atoms with Gasteiger partial charge in [0, 0.05) is 31.6 Å². The molecule has 112 valence electrons. The van der Waals surface area contributed by atoms with Gasteiger partial charge in [-0.1, -0.05) is 15.9 Å². The molecule has 0 bridgehead atoms. The lowest BCUT2D eigenvalue weighted by molar-refractivity contribution is 0.00878. The van der Waals surface area contributed by atoms with Gasteiger partial charge in [0.25, 0.3) is 0 Å². The summed E-state index contributed by atoms with van der Waals surface area (Å²) in [6.07, 6.45) is 5.14. The third-order valence-electron chi connectivity index (χ3n) is 4.85. The fourth-order valence-electron chi connectivity index (χ4n) is 3.46. The van der Waals surface area contributed by atoms with Crippen LogP contribution in [0.25, 0.3) is 0 Å². The first-order valence-electron chi connectivity index (χ1n) is 7.64. The SMILES string of the molecule is CN1CCC(CN(C)CC2(CBr)CCOCC2)CC1. The lowest BCUT2D eigenvalue weighted by atomic mass is 9.81. The van der Waals surface area contributed by atoms with Crippen molar-refractivity contribution in [3.8, 4) is 0 Å². The van der Waals surface area contributed by atoms with Crippen LogP contribution in [0.5, 0.6) is 0 Å². The van der Waals surface area contributed by atoms with Crippen LogP contribution in [0.1, 0.15) is 25.7 Å². The molecule has 0 aromatic carbocycles. The van der Waals surface area contributed by atoms with Gasteiger partial charge >= 0.3 is 0 Å². The molecule has 0 unspecified atom stereocenters. The second-order valence-corrected chi connectivity index (χ2v) is 7.25. The summed E-state index contributed by atoms with van der Waals surface area (Å²) in [5, 5.41) is 1.11.